The second kappa shape index (κ2) is 8.73. The zero-order chi connectivity index (χ0) is 15.8. The molecule has 1 aliphatic carbocycles. The Morgan fingerprint density at radius 3 is 2.86 bits per heavy atom. The Morgan fingerprint density at radius 2 is 2.23 bits per heavy atom. The van der Waals surface area contributed by atoms with Gasteiger partial charge in [0.05, 0.1) is 0 Å². The first-order valence-corrected chi connectivity index (χ1v) is 8.21. The highest BCUT2D eigenvalue weighted by atomic mass is 16.5. The molecule has 0 aromatic carbocycles. The number of carbonyl (C=O) groups is 1. The number of nitrogens with one attached hydrogen (secondary N) is 1. The minimum atomic E-state index is -0.258. The van der Waals surface area contributed by atoms with E-state index in [0.29, 0.717) is 24.8 Å². The molecule has 1 aliphatic rings. The molecule has 7 nitrogen and oxygen atoms in total. The molecular formula is C15H26N4O3. The lowest BCUT2D eigenvalue weighted by Crippen LogP contribution is -2.46. The third-order valence-electron chi connectivity index (χ3n) is 4.05. The molecule has 0 aliphatic heterocycles. The number of aliphatic hydroxyl groups is 1. The van der Waals surface area contributed by atoms with Crippen molar-refractivity contribution >= 4 is 6.03 Å². The molecule has 7 heteroatoms. The van der Waals surface area contributed by atoms with E-state index in [2.05, 4.69) is 22.4 Å². The summed E-state index contributed by atoms with van der Waals surface area (Å²) in [6.45, 7) is 3.17. The van der Waals surface area contributed by atoms with Gasteiger partial charge in [0, 0.05) is 25.6 Å². The predicted molar refractivity (Wildman–Crippen MR) is 81.2 cm³/mol. The van der Waals surface area contributed by atoms with E-state index in [4.69, 9.17) is 9.63 Å². The van der Waals surface area contributed by atoms with Crippen LogP contribution in [0.25, 0.3) is 0 Å². The van der Waals surface area contributed by atoms with Crippen molar-refractivity contribution < 1.29 is 14.4 Å². The van der Waals surface area contributed by atoms with Gasteiger partial charge in [-0.25, -0.2) is 4.79 Å². The Labute approximate surface area is 131 Å². The maximum atomic E-state index is 12.4. The summed E-state index contributed by atoms with van der Waals surface area (Å²) in [4.78, 5) is 18.4. The van der Waals surface area contributed by atoms with E-state index in [0.717, 1.165) is 32.2 Å². The SMILES string of the molecule is CCCCN(C(=O)NCCc1noc(CO)n1)C1CCCC1. The van der Waals surface area contributed by atoms with E-state index in [1.54, 1.807) is 0 Å². The second-order valence-corrected chi connectivity index (χ2v) is 5.73. The molecule has 2 amide bonds. The van der Waals surface area contributed by atoms with Crippen LogP contribution in [0.1, 0.15) is 57.2 Å². The van der Waals surface area contributed by atoms with Crippen molar-refractivity contribution in [3.63, 3.8) is 0 Å². The van der Waals surface area contributed by atoms with Crippen molar-refractivity contribution in [1.82, 2.24) is 20.4 Å². The number of nitrogens with zero attached hydrogens (tertiary/aromatic N) is 3. The molecular weight excluding hydrogens is 284 g/mol. The first-order valence-electron chi connectivity index (χ1n) is 8.21. The average Bonchev–Trinajstić information content (AvgIpc) is 3.19. The third-order valence-corrected chi connectivity index (χ3v) is 4.05. The molecule has 124 valence electrons. The van der Waals surface area contributed by atoms with Crippen molar-refractivity contribution in [3.8, 4) is 0 Å². The highest BCUT2D eigenvalue weighted by Gasteiger charge is 2.25. The molecule has 0 spiro atoms. The molecule has 0 saturated heterocycles. The number of aliphatic hydroxyl groups excluding tert-OH is 1. The minimum absolute atomic E-state index is 0.00577. The summed E-state index contributed by atoms with van der Waals surface area (Å²) >= 11 is 0. The standard InChI is InChI=1S/C15H26N4O3/c1-2-3-10-19(12-6-4-5-7-12)15(21)16-9-8-13-17-14(11-20)22-18-13/h12,20H,2-11H2,1H3,(H,16,21). The number of hydrogen-bond donors (Lipinski definition) is 2. The van der Waals surface area contributed by atoms with Crippen LogP contribution in [0.15, 0.2) is 4.52 Å². The lowest BCUT2D eigenvalue weighted by molar-refractivity contribution is 0.174. The van der Waals surface area contributed by atoms with Gasteiger partial charge in [-0.05, 0) is 19.3 Å². The van der Waals surface area contributed by atoms with Crippen molar-refractivity contribution in [2.24, 2.45) is 0 Å². The molecule has 2 N–H and O–H groups in total. The molecule has 0 atom stereocenters. The molecule has 1 heterocycles. The fourth-order valence-corrected chi connectivity index (χ4v) is 2.83. The highest BCUT2D eigenvalue weighted by molar-refractivity contribution is 5.74. The van der Waals surface area contributed by atoms with Crippen LogP contribution in [-0.4, -0.2) is 45.3 Å². The van der Waals surface area contributed by atoms with Gasteiger partial charge in [-0.3, -0.25) is 0 Å². The summed E-state index contributed by atoms with van der Waals surface area (Å²) in [5.74, 6) is 0.710. The van der Waals surface area contributed by atoms with E-state index in [-0.39, 0.29) is 18.5 Å². The van der Waals surface area contributed by atoms with Crippen molar-refractivity contribution in [1.29, 1.82) is 0 Å². The number of aromatic nitrogens is 2. The van der Waals surface area contributed by atoms with Crippen LogP contribution in [0.2, 0.25) is 0 Å². The minimum Gasteiger partial charge on any atom is -0.387 e. The van der Waals surface area contributed by atoms with Gasteiger partial charge in [-0.15, -0.1) is 0 Å². The number of hydrogen-bond acceptors (Lipinski definition) is 5. The molecule has 1 fully saturated rings. The smallest absolute Gasteiger partial charge is 0.317 e. The molecule has 1 aromatic heterocycles. The van der Waals surface area contributed by atoms with Crippen LogP contribution in [0.4, 0.5) is 4.79 Å². The summed E-state index contributed by atoms with van der Waals surface area (Å²) in [6, 6.07) is 0.393. The van der Waals surface area contributed by atoms with Crippen LogP contribution in [0.5, 0.6) is 0 Å². The second-order valence-electron chi connectivity index (χ2n) is 5.73. The summed E-state index contributed by atoms with van der Waals surface area (Å²) in [5, 5.41) is 15.6. The number of carbonyl (C=O) groups excluding carboxylic acids is 1. The van der Waals surface area contributed by atoms with E-state index >= 15 is 0 Å². The van der Waals surface area contributed by atoms with E-state index in [1.807, 2.05) is 4.90 Å². The molecule has 0 bridgehead atoms. The molecule has 22 heavy (non-hydrogen) atoms. The Hall–Kier alpha value is -1.63. The molecule has 1 aromatic rings. The number of unbranched alkanes of at least 4 members (excludes halogenated alkanes) is 1. The Bertz CT molecular complexity index is 457. The van der Waals surface area contributed by atoms with Crippen molar-refractivity contribution in [2.75, 3.05) is 13.1 Å². The van der Waals surface area contributed by atoms with Crippen LogP contribution in [0.3, 0.4) is 0 Å². The fourth-order valence-electron chi connectivity index (χ4n) is 2.83. The quantitative estimate of drug-likeness (QED) is 0.764. The first-order chi connectivity index (χ1) is 10.7. The molecule has 2 rings (SSSR count). The number of rotatable bonds is 8. The summed E-state index contributed by atoms with van der Waals surface area (Å²) < 4.78 is 4.82. The van der Waals surface area contributed by atoms with Gasteiger partial charge in [-0.2, -0.15) is 4.98 Å². The van der Waals surface area contributed by atoms with Crippen LogP contribution < -0.4 is 5.32 Å². The number of urea groups is 1. The fraction of sp³-hybridized carbons (Fsp3) is 0.800. The molecule has 1 saturated carbocycles. The Balaban J connectivity index is 1.79. The van der Waals surface area contributed by atoms with Gasteiger partial charge in [-0.1, -0.05) is 31.3 Å². The zero-order valence-corrected chi connectivity index (χ0v) is 13.3. The maximum absolute atomic E-state index is 12.4. The van der Waals surface area contributed by atoms with Crippen LogP contribution in [0, 0.1) is 0 Å². The first kappa shape index (κ1) is 16.7. The average molecular weight is 310 g/mol. The molecule has 0 radical (unpaired) electrons. The Morgan fingerprint density at radius 1 is 1.45 bits per heavy atom. The highest BCUT2D eigenvalue weighted by Crippen LogP contribution is 2.23. The largest absolute Gasteiger partial charge is 0.387 e. The normalized spacial score (nSPS) is 15.2. The Kier molecular flexibility index (Phi) is 6.64. The van der Waals surface area contributed by atoms with E-state index < -0.39 is 0 Å². The third kappa shape index (κ3) is 4.69. The number of amides is 2. The lowest BCUT2D eigenvalue weighted by atomic mass is 10.2. The van der Waals surface area contributed by atoms with Gasteiger partial charge < -0.3 is 19.8 Å². The van der Waals surface area contributed by atoms with Gasteiger partial charge in [0.2, 0.25) is 0 Å². The topological polar surface area (TPSA) is 91.5 Å². The molecule has 0 unspecified atom stereocenters. The summed E-state index contributed by atoms with van der Waals surface area (Å²) in [5.41, 5.74) is 0. The van der Waals surface area contributed by atoms with Crippen molar-refractivity contribution in [2.45, 2.75) is 64.5 Å². The maximum Gasteiger partial charge on any atom is 0.317 e. The summed E-state index contributed by atoms with van der Waals surface area (Å²) in [6.07, 6.45) is 7.28. The summed E-state index contributed by atoms with van der Waals surface area (Å²) in [7, 11) is 0. The van der Waals surface area contributed by atoms with E-state index in [1.165, 1.54) is 12.8 Å². The van der Waals surface area contributed by atoms with Gasteiger partial charge in [0.15, 0.2) is 5.82 Å². The predicted octanol–water partition coefficient (Wildman–Crippen LogP) is 1.86. The van der Waals surface area contributed by atoms with Gasteiger partial charge in [0.1, 0.15) is 6.61 Å². The van der Waals surface area contributed by atoms with Crippen LogP contribution >= 0.6 is 0 Å². The zero-order valence-electron chi connectivity index (χ0n) is 13.3. The lowest BCUT2D eigenvalue weighted by Gasteiger charge is -2.29. The van der Waals surface area contributed by atoms with Crippen LogP contribution in [-0.2, 0) is 13.0 Å². The van der Waals surface area contributed by atoms with Gasteiger partial charge >= 0.3 is 6.03 Å². The van der Waals surface area contributed by atoms with E-state index in [9.17, 15) is 4.79 Å². The van der Waals surface area contributed by atoms with Crippen molar-refractivity contribution in [3.05, 3.63) is 11.7 Å². The van der Waals surface area contributed by atoms with Gasteiger partial charge in [0.25, 0.3) is 5.89 Å². The monoisotopic (exact) mass is 310 g/mol.